The summed E-state index contributed by atoms with van der Waals surface area (Å²) in [5, 5.41) is 2.86. The van der Waals surface area contributed by atoms with Crippen molar-refractivity contribution in [2.75, 3.05) is 5.32 Å². The fraction of sp³-hybridized carbons (Fsp3) is 0.115. The summed E-state index contributed by atoms with van der Waals surface area (Å²) >= 11 is 0. The number of imidazole rings is 1. The molecule has 1 aliphatic heterocycles. The first-order valence-electron chi connectivity index (χ1n) is 10.8. The maximum atomic E-state index is 14.1. The molecule has 34 heavy (non-hydrogen) atoms. The van der Waals surface area contributed by atoms with Gasteiger partial charge in [-0.25, -0.2) is 13.8 Å². The standard InChI is InChI=1S/C26H18F2N4O2/c27-17-10-8-15(9-11-17)14-31-25(34)23-19(16-4-3-5-18(28)12-16)13-22(33)30-24(23)32-21-7-2-1-6-20(21)29-26(31)32/h1-12,19H,13-14H2,(H,30,33)/t19-/m0/s1. The molecule has 6 rings (SSSR count). The lowest BCUT2D eigenvalue weighted by molar-refractivity contribution is -0.116. The molecule has 5 aromatic rings. The van der Waals surface area contributed by atoms with E-state index in [0.29, 0.717) is 28.2 Å². The lowest BCUT2D eigenvalue weighted by Crippen LogP contribution is -2.36. The number of hydrogen-bond acceptors (Lipinski definition) is 3. The third kappa shape index (κ3) is 3.18. The first-order chi connectivity index (χ1) is 16.5. The summed E-state index contributed by atoms with van der Waals surface area (Å²) in [6, 6.07) is 19.3. The third-order valence-corrected chi connectivity index (χ3v) is 6.24. The van der Waals surface area contributed by atoms with Crippen LogP contribution in [0.4, 0.5) is 14.6 Å². The van der Waals surface area contributed by atoms with Gasteiger partial charge in [-0.15, -0.1) is 0 Å². The fourth-order valence-electron chi connectivity index (χ4n) is 4.70. The minimum atomic E-state index is -0.628. The maximum Gasteiger partial charge on any atom is 0.261 e. The second-order valence-corrected chi connectivity index (χ2v) is 8.38. The minimum absolute atomic E-state index is 0.0143. The van der Waals surface area contributed by atoms with Gasteiger partial charge in [0.15, 0.2) is 0 Å². The highest BCUT2D eigenvalue weighted by Gasteiger charge is 2.33. The summed E-state index contributed by atoms with van der Waals surface area (Å²) < 4.78 is 30.8. The lowest BCUT2D eigenvalue weighted by atomic mass is 9.86. The van der Waals surface area contributed by atoms with Crippen LogP contribution in [0.15, 0.2) is 77.6 Å². The number of anilines is 1. The number of nitrogens with zero attached hydrogens (tertiary/aromatic N) is 3. The molecule has 1 amide bonds. The van der Waals surface area contributed by atoms with Gasteiger partial charge in [-0.05, 0) is 47.5 Å². The van der Waals surface area contributed by atoms with Crippen molar-refractivity contribution in [3.05, 3.63) is 111 Å². The summed E-state index contributed by atoms with van der Waals surface area (Å²) in [6.07, 6.45) is 0.0143. The summed E-state index contributed by atoms with van der Waals surface area (Å²) in [4.78, 5) is 31.3. The van der Waals surface area contributed by atoms with Crippen LogP contribution in [0, 0.1) is 11.6 Å². The number of amides is 1. The molecule has 0 radical (unpaired) electrons. The van der Waals surface area contributed by atoms with E-state index in [2.05, 4.69) is 10.3 Å². The summed E-state index contributed by atoms with van der Waals surface area (Å²) in [5.41, 5.74) is 2.68. The molecule has 3 aromatic carbocycles. The third-order valence-electron chi connectivity index (χ3n) is 6.24. The monoisotopic (exact) mass is 456 g/mol. The van der Waals surface area contributed by atoms with Crippen LogP contribution in [-0.2, 0) is 11.3 Å². The molecule has 0 spiro atoms. The van der Waals surface area contributed by atoms with Gasteiger partial charge in [-0.2, -0.15) is 0 Å². The Bertz CT molecular complexity index is 1650. The van der Waals surface area contributed by atoms with Crippen molar-refractivity contribution in [3.63, 3.8) is 0 Å². The van der Waals surface area contributed by atoms with Gasteiger partial charge in [-0.3, -0.25) is 18.6 Å². The highest BCUT2D eigenvalue weighted by atomic mass is 19.1. The zero-order chi connectivity index (χ0) is 23.4. The Morgan fingerprint density at radius 2 is 1.74 bits per heavy atom. The van der Waals surface area contributed by atoms with Crippen LogP contribution in [0.25, 0.3) is 16.8 Å². The predicted octanol–water partition coefficient (Wildman–Crippen LogP) is 4.45. The summed E-state index contributed by atoms with van der Waals surface area (Å²) in [5.74, 6) is -1.00. The number of benzene rings is 3. The largest absolute Gasteiger partial charge is 0.311 e. The molecular formula is C26H18F2N4O2. The van der Waals surface area contributed by atoms with Gasteiger partial charge < -0.3 is 5.32 Å². The van der Waals surface area contributed by atoms with Gasteiger partial charge in [0.2, 0.25) is 11.7 Å². The van der Waals surface area contributed by atoms with Crippen molar-refractivity contribution in [3.8, 4) is 0 Å². The fourth-order valence-corrected chi connectivity index (χ4v) is 4.70. The lowest BCUT2D eigenvalue weighted by Gasteiger charge is -2.27. The molecule has 168 valence electrons. The highest BCUT2D eigenvalue weighted by molar-refractivity contribution is 5.96. The zero-order valence-electron chi connectivity index (χ0n) is 17.8. The molecule has 0 bridgehead atoms. The number of halogens is 2. The Kier molecular flexibility index (Phi) is 4.55. The molecule has 6 nitrogen and oxygen atoms in total. The molecule has 1 atom stereocenters. The first-order valence-corrected chi connectivity index (χ1v) is 10.8. The number of rotatable bonds is 3. The quantitative estimate of drug-likeness (QED) is 0.436. The van der Waals surface area contributed by atoms with Crippen molar-refractivity contribution in [2.45, 2.75) is 18.9 Å². The number of para-hydroxylation sites is 2. The number of carbonyl (C=O) groups is 1. The number of aromatic nitrogens is 3. The molecule has 8 heteroatoms. The molecular weight excluding hydrogens is 438 g/mol. The van der Waals surface area contributed by atoms with E-state index in [0.717, 1.165) is 11.1 Å². The SMILES string of the molecule is O=C1C[C@@H](c2cccc(F)c2)c2c(n3c4ccccc4nc3n(Cc3ccc(F)cc3)c2=O)N1. The Hall–Kier alpha value is -4.33. The molecule has 1 aliphatic rings. The Labute approximate surface area is 192 Å². The number of carbonyl (C=O) groups excluding carboxylic acids is 1. The van der Waals surface area contributed by atoms with Crippen LogP contribution in [0.2, 0.25) is 0 Å². The van der Waals surface area contributed by atoms with Gasteiger partial charge in [-0.1, -0.05) is 36.4 Å². The molecule has 0 saturated heterocycles. The molecule has 3 heterocycles. The summed E-state index contributed by atoms with van der Waals surface area (Å²) in [7, 11) is 0. The molecule has 0 saturated carbocycles. The maximum absolute atomic E-state index is 14.1. The van der Waals surface area contributed by atoms with Gasteiger partial charge in [0.05, 0.1) is 23.1 Å². The number of nitrogens with one attached hydrogen (secondary N) is 1. The van der Waals surface area contributed by atoms with E-state index in [4.69, 9.17) is 0 Å². The first kappa shape index (κ1) is 20.3. The second-order valence-electron chi connectivity index (χ2n) is 8.38. The van der Waals surface area contributed by atoms with Crippen molar-refractivity contribution < 1.29 is 13.6 Å². The van der Waals surface area contributed by atoms with Crippen LogP contribution in [0.1, 0.15) is 29.0 Å². The Morgan fingerprint density at radius 3 is 2.53 bits per heavy atom. The second kappa shape index (κ2) is 7.62. The van der Waals surface area contributed by atoms with Crippen molar-refractivity contribution in [2.24, 2.45) is 0 Å². The number of hydrogen-bond donors (Lipinski definition) is 1. The van der Waals surface area contributed by atoms with Gasteiger partial charge in [0, 0.05) is 12.3 Å². The van der Waals surface area contributed by atoms with E-state index >= 15 is 0 Å². The van der Waals surface area contributed by atoms with E-state index in [9.17, 15) is 18.4 Å². The Morgan fingerprint density at radius 1 is 0.941 bits per heavy atom. The zero-order valence-corrected chi connectivity index (χ0v) is 17.8. The topological polar surface area (TPSA) is 68.4 Å². The van der Waals surface area contributed by atoms with E-state index in [1.165, 1.54) is 28.8 Å². The summed E-state index contributed by atoms with van der Waals surface area (Å²) in [6.45, 7) is 0.156. The molecule has 0 aliphatic carbocycles. The Balaban J connectivity index is 1.69. The van der Waals surface area contributed by atoms with Crippen LogP contribution in [-0.4, -0.2) is 19.9 Å². The van der Waals surface area contributed by atoms with E-state index in [1.807, 2.05) is 24.3 Å². The van der Waals surface area contributed by atoms with Crippen molar-refractivity contribution in [1.82, 2.24) is 14.0 Å². The van der Waals surface area contributed by atoms with E-state index < -0.39 is 11.7 Å². The molecule has 1 N–H and O–H groups in total. The average Bonchev–Trinajstić information content (AvgIpc) is 3.22. The number of fused-ring (bicyclic) bond motifs is 5. The van der Waals surface area contributed by atoms with Crippen LogP contribution >= 0.6 is 0 Å². The average molecular weight is 456 g/mol. The predicted molar refractivity (Wildman–Crippen MR) is 124 cm³/mol. The normalized spacial score (nSPS) is 15.5. The van der Waals surface area contributed by atoms with Crippen molar-refractivity contribution >= 4 is 28.5 Å². The molecule has 0 fully saturated rings. The van der Waals surface area contributed by atoms with Crippen LogP contribution < -0.4 is 10.9 Å². The van der Waals surface area contributed by atoms with Crippen molar-refractivity contribution in [1.29, 1.82) is 0 Å². The molecule has 2 aromatic heterocycles. The van der Waals surface area contributed by atoms with E-state index in [1.54, 1.807) is 28.7 Å². The smallest absolute Gasteiger partial charge is 0.261 e. The van der Waals surface area contributed by atoms with Gasteiger partial charge >= 0.3 is 0 Å². The van der Waals surface area contributed by atoms with Gasteiger partial charge in [0.1, 0.15) is 17.5 Å². The minimum Gasteiger partial charge on any atom is -0.311 e. The van der Waals surface area contributed by atoms with Crippen LogP contribution in [0.3, 0.4) is 0 Å². The molecule has 0 unspecified atom stereocenters. The van der Waals surface area contributed by atoms with E-state index in [-0.39, 0.29) is 30.2 Å². The van der Waals surface area contributed by atoms with Gasteiger partial charge in [0.25, 0.3) is 5.56 Å². The highest BCUT2D eigenvalue weighted by Crippen LogP contribution is 2.37. The van der Waals surface area contributed by atoms with Crippen LogP contribution in [0.5, 0.6) is 0 Å².